The van der Waals surface area contributed by atoms with E-state index in [9.17, 15) is 26.3 Å². The maximum absolute atomic E-state index is 12.9. The number of aromatic nitrogens is 4. The van der Waals surface area contributed by atoms with Crippen LogP contribution in [-0.4, -0.2) is 19.9 Å². The number of rotatable bonds is 6. The molecule has 0 aliphatic rings. The second kappa shape index (κ2) is 15.7. The van der Waals surface area contributed by atoms with E-state index in [1.54, 1.807) is 0 Å². The highest BCUT2D eigenvalue weighted by atomic mass is 127. The molecule has 16 heteroatoms. The van der Waals surface area contributed by atoms with Crippen molar-refractivity contribution < 1.29 is 44.0 Å². The highest BCUT2D eigenvalue weighted by Crippen LogP contribution is 2.41. The molecule has 284 valence electrons. The van der Waals surface area contributed by atoms with Crippen molar-refractivity contribution in [1.29, 1.82) is 0 Å². The van der Waals surface area contributed by atoms with E-state index in [2.05, 4.69) is 19.9 Å². The zero-order chi connectivity index (χ0) is 39.8. The predicted octanol–water partition coefficient (Wildman–Crippen LogP) is 13.2. The fourth-order valence-electron chi connectivity index (χ4n) is 5.57. The maximum Gasteiger partial charge on any atom is 0.416 e. The van der Waals surface area contributed by atoms with Crippen LogP contribution >= 0.6 is 45.2 Å². The lowest BCUT2D eigenvalue weighted by molar-refractivity contribution is -0.138. The van der Waals surface area contributed by atoms with Crippen LogP contribution in [0.1, 0.15) is 22.3 Å². The quantitative estimate of drug-likeness (QED) is 0.120. The molecule has 0 aliphatic heterocycles. The first kappa shape index (κ1) is 39.0. The zero-order valence-corrected chi connectivity index (χ0v) is 33.2. The minimum absolute atomic E-state index is 0.308. The largest absolute Gasteiger partial charge is 0.439 e. The van der Waals surface area contributed by atoms with Gasteiger partial charge in [-0.3, -0.25) is 0 Å². The van der Waals surface area contributed by atoms with Gasteiger partial charge < -0.3 is 17.7 Å². The van der Waals surface area contributed by atoms with Crippen molar-refractivity contribution in [3.63, 3.8) is 0 Å². The first-order valence-corrected chi connectivity index (χ1v) is 18.5. The minimum Gasteiger partial charge on any atom is -0.439 e. The summed E-state index contributed by atoms with van der Waals surface area (Å²) < 4.78 is 100. The lowest BCUT2D eigenvalue weighted by Gasteiger charge is -2.07. The number of benzene rings is 4. The molecule has 0 aliphatic carbocycles. The number of alkyl halides is 6. The monoisotopic (exact) mass is 992 g/mol. The third-order valence-corrected chi connectivity index (χ3v) is 9.29. The Morgan fingerprint density at radius 2 is 0.732 bits per heavy atom. The molecule has 8 rings (SSSR count). The van der Waals surface area contributed by atoms with Crippen LogP contribution in [0.2, 0.25) is 0 Å². The number of oxazole rings is 4. The molecule has 4 aromatic heterocycles. The van der Waals surface area contributed by atoms with E-state index in [1.807, 2.05) is 108 Å². The van der Waals surface area contributed by atoms with Gasteiger partial charge in [-0.05, 0) is 38.1 Å². The van der Waals surface area contributed by atoms with Gasteiger partial charge in [-0.2, -0.15) is 26.3 Å². The van der Waals surface area contributed by atoms with Gasteiger partial charge in [-0.1, -0.05) is 83.9 Å². The lowest BCUT2D eigenvalue weighted by atomic mass is 10.0. The normalized spacial score (nSPS) is 11.8. The van der Waals surface area contributed by atoms with Crippen molar-refractivity contribution in [2.24, 2.45) is 0 Å². The summed E-state index contributed by atoms with van der Waals surface area (Å²) in [5.74, 6) is 1.37. The first-order valence-electron chi connectivity index (χ1n) is 16.4. The van der Waals surface area contributed by atoms with Gasteiger partial charge in [0.1, 0.15) is 22.8 Å². The van der Waals surface area contributed by atoms with Crippen molar-refractivity contribution in [1.82, 2.24) is 19.9 Å². The van der Waals surface area contributed by atoms with Gasteiger partial charge in [0.2, 0.25) is 11.5 Å². The van der Waals surface area contributed by atoms with Crippen LogP contribution in [0.4, 0.5) is 26.3 Å². The summed E-state index contributed by atoms with van der Waals surface area (Å²) in [5, 5.41) is 0. The Bertz CT molecular complexity index is 2590. The topological polar surface area (TPSA) is 104 Å². The Kier molecular flexibility index (Phi) is 10.9. The number of nitrogens with zero attached hydrogens (tertiary/aromatic N) is 4. The summed E-state index contributed by atoms with van der Waals surface area (Å²) in [4.78, 5) is 17.2. The fourth-order valence-corrected chi connectivity index (χ4v) is 6.49. The Hall–Kier alpha value is -5.24. The van der Waals surface area contributed by atoms with Crippen LogP contribution in [0.25, 0.3) is 68.1 Å². The number of hydrogen-bond acceptors (Lipinski definition) is 8. The summed E-state index contributed by atoms with van der Waals surface area (Å²) in [7, 11) is 0. The molecule has 0 spiro atoms. The molecule has 0 saturated heterocycles. The molecule has 0 N–H and O–H groups in total. The molecule has 0 saturated carbocycles. The SMILES string of the molecule is Cc1ccc(-c2nc(I)oc2-c2oc(I)nc2-c2ccc(C(F)(F)F)cc2)cc1.Cc1ccc(-c2ncoc2-c2ocnc2-c2ccc(C(F)(F)F)cc2)cc1. The first-order chi connectivity index (χ1) is 26.7. The maximum atomic E-state index is 12.9. The van der Waals surface area contributed by atoms with E-state index < -0.39 is 23.5 Å². The van der Waals surface area contributed by atoms with Gasteiger partial charge in [0, 0.05) is 67.4 Å². The third-order valence-electron chi connectivity index (χ3n) is 8.37. The Labute approximate surface area is 341 Å². The Morgan fingerprint density at radius 3 is 1.05 bits per heavy atom. The van der Waals surface area contributed by atoms with Crippen LogP contribution in [0, 0.1) is 21.6 Å². The summed E-state index contributed by atoms with van der Waals surface area (Å²) in [5.41, 5.74) is 5.32. The smallest absolute Gasteiger partial charge is 0.416 e. The molecule has 0 amide bonds. The second-order valence-electron chi connectivity index (χ2n) is 12.2. The molecule has 0 unspecified atom stereocenters. The highest BCUT2D eigenvalue weighted by Gasteiger charge is 2.32. The van der Waals surface area contributed by atoms with E-state index in [1.165, 1.54) is 37.1 Å². The molecule has 0 fully saturated rings. The number of aryl methyl sites for hydroxylation is 2. The highest BCUT2D eigenvalue weighted by molar-refractivity contribution is 14.1. The van der Waals surface area contributed by atoms with Crippen LogP contribution in [-0.2, 0) is 12.4 Å². The molecule has 4 heterocycles. The summed E-state index contributed by atoms with van der Waals surface area (Å²) in [6.45, 7) is 3.96. The molecule has 0 bridgehead atoms. The van der Waals surface area contributed by atoms with Crippen LogP contribution in [0.15, 0.2) is 128 Å². The third kappa shape index (κ3) is 8.45. The predicted molar refractivity (Wildman–Crippen MR) is 211 cm³/mol. The molecule has 8 aromatic rings. The van der Waals surface area contributed by atoms with Crippen molar-refractivity contribution in [3.05, 3.63) is 140 Å². The molecule has 8 nitrogen and oxygen atoms in total. The van der Waals surface area contributed by atoms with Crippen LogP contribution < -0.4 is 0 Å². The number of halogens is 8. The van der Waals surface area contributed by atoms with E-state index in [-0.39, 0.29) is 0 Å². The van der Waals surface area contributed by atoms with E-state index in [0.717, 1.165) is 46.5 Å². The van der Waals surface area contributed by atoms with E-state index in [4.69, 9.17) is 17.7 Å². The summed E-state index contributed by atoms with van der Waals surface area (Å²) in [6, 6.07) is 25.0. The van der Waals surface area contributed by atoms with Crippen LogP contribution in [0.5, 0.6) is 0 Å². The molecule has 56 heavy (non-hydrogen) atoms. The van der Waals surface area contributed by atoms with E-state index in [0.29, 0.717) is 64.7 Å². The molecule has 4 aromatic carbocycles. The van der Waals surface area contributed by atoms with Gasteiger partial charge in [0.05, 0.1) is 11.1 Å². The fraction of sp³-hybridized carbons (Fsp3) is 0.100. The average Bonchev–Trinajstić information content (AvgIpc) is 3.98. The van der Waals surface area contributed by atoms with Crippen molar-refractivity contribution in [2.75, 3.05) is 0 Å². The van der Waals surface area contributed by atoms with Crippen molar-refractivity contribution in [3.8, 4) is 68.1 Å². The second-order valence-corrected chi connectivity index (χ2v) is 14.1. The standard InChI is InChI=1S/C20H11F3I2N2O2.C20H13F3N2O2/c1-10-2-4-11(5-3-10)14-16(28-18(24)26-14)17-15(27-19(25)29-17)12-6-8-13(9-7-12)20(21,22)23;1-12-2-4-13(5-3-12)16-18(26-10-24-16)19-17(25-11-27-19)14-6-8-15(9-7-14)20(21,22)23/h2-9H,1H3;2-11H,1H3. The molecule has 0 atom stereocenters. The van der Waals surface area contributed by atoms with Crippen molar-refractivity contribution in [2.45, 2.75) is 26.2 Å². The van der Waals surface area contributed by atoms with Crippen LogP contribution in [0.3, 0.4) is 0 Å². The van der Waals surface area contributed by atoms with Gasteiger partial charge in [0.25, 0.3) is 7.79 Å². The average molecular weight is 992 g/mol. The Balaban J connectivity index is 0.000000172. The van der Waals surface area contributed by atoms with Crippen molar-refractivity contribution >= 4 is 45.2 Å². The number of hydrogen-bond donors (Lipinski definition) is 0. The molecule has 0 radical (unpaired) electrons. The summed E-state index contributed by atoms with van der Waals surface area (Å²) >= 11 is 3.88. The van der Waals surface area contributed by atoms with E-state index >= 15 is 0 Å². The van der Waals surface area contributed by atoms with Gasteiger partial charge in [0.15, 0.2) is 24.3 Å². The molecular weight excluding hydrogens is 968 g/mol. The minimum atomic E-state index is -4.40. The van der Waals surface area contributed by atoms with Gasteiger partial charge in [-0.15, -0.1) is 0 Å². The van der Waals surface area contributed by atoms with Gasteiger partial charge in [-0.25, -0.2) is 19.9 Å². The Morgan fingerprint density at radius 1 is 0.429 bits per heavy atom. The summed E-state index contributed by atoms with van der Waals surface area (Å²) in [6.07, 6.45) is -6.28. The zero-order valence-electron chi connectivity index (χ0n) is 28.8. The molecular formula is C40H24F6I2N4O4. The lowest BCUT2D eigenvalue weighted by Crippen LogP contribution is -2.04. The van der Waals surface area contributed by atoms with Gasteiger partial charge >= 0.3 is 12.4 Å².